The first-order chi connectivity index (χ1) is 4.77. The average Bonchev–Trinajstić information content (AvgIpc) is 2.44. The van der Waals surface area contributed by atoms with Crippen molar-refractivity contribution >= 4 is 5.78 Å². The monoisotopic (exact) mass is 140 g/mol. The summed E-state index contributed by atoms with van der Waals surface area (Å²) < 4.78 is 5.53. The lowest BCUT2D eigenvalue weighted by atomic mass is 9.87. The molecule has 2 saturated heterocycles. The van der Waals surface area contributed by atoms with Crippen LogP contribution in [0.5, 0.6) is 0 Å². The van der Waals surface area contributed by atoms with E-state index in [1.165, 1.54) is 6.42 Å². The summed E-state index contributed by atoms with van der Waals surface area (Å²) in [4.78, 5) is 11.0. The summed E-state index contributed by atoms with van der Waals surface area (Å²) in [5.74, 6) is 0.547. The van der Waals surface area contributed by atoms with Gasteiger partial charge in [-0.15, -0.1) is 0 Å². The van der Waals surface area contributed by atoms with Gasteiger partial charge in [-0.05, 0) is 26.2 Å². The fraction of sp³-hybridized carbons (Fsp3) is 0.875. The Kier molecular flexibility index (Phi) is 1.31. The van der Waals surface area contributed by atoms with Crippen LogP contribution in [0.2, 0.25) is 0 Å². The van der Waals surface area contributed by atoms with E-state index in [1.54, 1.807) is 6.92 Å². The fourth-order valence-electron chi connectivity index (χ4n) is 2.07. The molecule has 0 N–H and O–H groups in total. The molecule has 0 aromatic heterocycles. The van der Waals surface area contributed by atoms with Gasteiger partial charge in [-0.2, -0.15) is 0 Å². The van der Waals surface area contributed by atoms with Crippen molar-refractivity contribution in [3.63, 3.8) is 0 Å². The normalized spacial score (nSPS) is 44.3. The van der Waals surface area contributed by atoms with Gasteiger partial charge < -0.3 is 4.74 Å². The highest BCUT2D eigenvalue weighted by Crippen LogP contribution is 2.38. The van der Waals surface area contributed by atoms with Crippen molar-refractivity contribution in [2.75, 3.05) is 0 Å². The van der Waals surface area contributed by atoms with Crippen molar-refractivity contribution in [2.45, 2.75) is 38.4 Å². The van der Waals surface area contributed by atoms with Crippen LogP contribution < -0.4 is 0 Å². The minimum Gasteiger partial charge on any atom is -0.374 e. The van der Waals surface area contributed by atoms with Gasteiger partial charge in [-0.3, -0.25) is 4.79 Å². The highest BCUT2D eigenvalue weighted by Gasteiger charge is 2.42. The Morgan fingerprint density at radius 3 is 2.60 bits per heavy atom. The molecule has 0 aliphatic carbocycles. The zero-order valence-electron chi connectivity index (χ0n) is 6.17. The molecule has 2 bridgehead atoms. The zero-order valence-corrected chi connectivity index (χ0v) is 6.17. The number of fused-ring (bicyclic) bond motifs is 2. The molecule has 2 aliphatic rings. The summed E-state index contributed by atoms with van der Waals surface area (Å²) in [6.07, 6.45) is 3.96. The maximum absolute atomic E-state index is 11.0. The standard InChI is InChI=1S/C8H12O2/c1-5(9)7-4-6-2-3-8(7)10-6/h6-8H,2-4H2,1H3/t6-,7+,8-/m1/s1. The maximum Gasteiger partial charge on any atom is 0.135 e. The van der Waals surface area contributed by atoms with Crippen LogP contribution in [-0.4, -0.2) is 18.0 Å². The van der Waals surface area contributed by atoms with Crippen molar-refractivity contribution in [3.8, 4) is 0 Å². The van der Waals surface area contributed by atoms with E-state index in [-0.39, 0.29) is 12.0 Å². The van der Waals surface area contributed by atoms with Crippen molar-refractivity contribution in [1.29, 1.82) is 0 Å². The topological polar surface area (TPSA) is 26.3 Å². The van der Waals surface area contributed by atoms with Gasteiger partial charge in [0.15, 0.2) is 0 Å². The van der Waals surface area contributed by atoms with E-state index in [9.17, 15) is 4.79 Å². The third kappa shape index (κ3) is 0.788. The van der Waals surface area contributed by atoms with Crippen LogP contribution in [0, 0.1) is 5.92 Å². The highest BCUT2D eigenvalue weighted by atomic mass is 16.5. The number of ketones is 1. The van der Waals surface area contributed by atoms with E-state index in [1.807, 2.05) is 0 Å². The van der Waals surface area contributed by atoms with Crippen LogP contribution in [0.15, 0.2) is 0 Å². The second-order valence-electron chi connectivity index (χ2n) is 3.33. The van der Waals surface area contributed by atoms with Crippen molar-refractivity contribution in [1.82, 2.24) is 0 Å². The summed E-state index contributed by atoms with van der Waals surface area (Å²) >= 11 is 0. The van der Waals surface area contributed by atoms with Crippen molar-refractivity contribution in [3.05, 3.63) is 0 Å². The number of rotatable bonds is 1. The predicted octanol–water partition coefficient (Wildman–Crippen LogP) is 1.14. The van der Waals surface area contributed by atoms with Crippen molar-refractivity contribution < 1.29 is 9.53 Å². The highest BCUT2D eigenvalue weighted by molar-refractivity contribution is 5.79. The van der Waals surface area contributed by atoms with Gasteiger partial charge in [0.2, 0.25) is 0 Å². The minimum absolute atomic E-state index is 0.235. The molecular formula is C8H12O2. The second-order valence-corrected chi connectivity index (χ2v) is 3.33. The Hall–Kier alpha value is -0.370. The predicted molar refractivity (Wildman–Crippen MR) is 36.7 cm³/mol. The van der Waals surface area contributed by atoms with Crippen LogP contribution in [0.3, 0.4) is 0 Å². The minimum atomic E-state index is 0.235. The number of ether oxygens (including phenoxy) is 1. The van der Waals surface area contributed by atoms with Gasteiger partial charge >= 0.3 is 0 Å². The van der Waals surface area contributed by atoms with E-state index < -0.39 is 0 Å². The molecule has 0 spiro atoms. The summed E-state index contributed by atoms with van der Waals surface area (Å²) in [5.41, 5.74) is 0. The molecule has 2 fully saturated rings. The molecule has 3 atom stereocenters. The third-order valence-corrected chi connectivity index (χ3v) is 2.63. The van der Waals surface area contributed by atoms with Crippen LogP contribution in [-0.2, 0) is 9.53 Å². The van der Waals surface area contributed by atoms with Gasteiger partial charge in [0.1, 0.15) is 5.78 Å². The Morgan fingerprint density at radius 1 is 1.50 bits per heavy atom. The van der Waals surface area contributed by atoms with Gasteiger partial charge in [0, 0.05) is 5.92 Å². The summed E-state index contributed by atoms with van der Waals surface area (Å²) in [7, 11) is 0. The first kappa shape index (κ1) is 6.35. The van der Waals surface area contributed by atoms with Crippen LogP contribution in [0.4, 0.5) is 0 Å². The molecule has 0 aromatic rings. The smallest absolute Gasteiger partial charge is 0.135 e. The van der Waals surface area contributed by atoms with Crippen LogP contribution in [0.1, 0.15) is 26.2 Å². The first-order valence-electron chi connectivity index (χ1n) is 3.93. The molecule has 56 valence electrons. The lowest BCUT2D eigenvalue weighted by Crippen LogP contribution is -2.22. The molecule has 0 radical (unpaired) electrons. The molecule has 2 aliphatic heterocycles. The number of Topliss-reactive ketones (excluding diaryl/α,β-unsaturated/α-hetero) is 1. The van der Waals surface area contributed by atoms with E-state index in [0.717, 1.165) is 12.8 Å². The van der Waals surface area contributed by atoms with Gasteiger partial charge in [0.05, 0.1) is 12.2 Å². The Labute approximate surface area is 60.6 Å². The Balaban J connectivity index is 2.08. The van der Waals surface area contributed by atoms with Gasteiger partial charge in [0.25, 0.3) is 0 Å². The molecule has 2 heterocycles. The number of carbonyl (C=O) groups excluding carboxylic acids is 1. The largest absolute Gasteiger partial charge is 0.374 e. The summed E-state index contributed by atoms with van der Waals surface area (Å²) in [5, 5.41) is 0. The molecule has 2 heteroatoms. The first-order valence-corrected chi connectivity index (χ1v) is 3.93. The van der Waals surface area contributed by atoms with Crippen molar-refractivity contribution in [2.24, 2.45) is 5.92 Å². The molecular weight excluding hydrogens is 128 g/mol. The molecule has 2 nitrogen and oxygen atoms in total. The zero-order chi connectivity index (χ0) is 7.14. The van der Waals surface area contributed by atoms with Gasteiger partial charge in [-0.1, -0.05) is 0 Å². The van der Waals surface area contributed by atoms with E-state index in [4.69, 9.17) is 4.74 Å². The SMILES string of the molecule is CC(=O)[C@@H]1C[C@H]2CC[C@H]1O2. The molecule has 10 heavy (non-hydrogen) atoms. The molecule has 0 amide bonds. The molecule has 2 rings (SSSR count). The van der Waals surface area contributed by atoms with Gasteiger partial charge in [-0.25, -0.2) is 0 Å². The van der Waals surface area contributed by atoms with Crippen LogP contribution in [0.25, 0.3) is 0 Å². The Morgan fingerprint density at radius 2 is 2.30 bits per heavy atom. The quantitative estimate of drug-likeness (QED) is 0.546. The van der Waals surface area contributed by atoms with E-state index in [2.05, 4.69) is 0 Å². The summed E-state index contributed by atoms with van der Waals surface area (Å²) in [6.45, 7) is 1.68. The number of hydrogen-bond donors (Lipinski definition) is 0. The molecule has 0 saturated carbocycles. The lowest BCUT2D eigenvalue weighted by Gasteiger charge is -2.14. The summed E-state index contributed by atoms with van der Waals surface area (Å²) in [6, 6.07) is 0. The molecule has 0 aromatic carbocycles. The third-order valence-electron chi connectivity index (χ3n) is 2.63. The average molecular weight is 140 g/mol. The molecule has 0 unspecified atom stereocenters. The number of hydrogen-bond acceptors (Lipinski definition) is 2. The Bertz CT molecular complexity index is 165. The fourth-order valence-corrected chi connectivity index (χ4v) is 2.07. The van der Waals surface area contributed by atoms with E-state index >= 15 is 0 Å². The number of carbonyl (C=O) groups is 1. The van der Waals surface area contributed by atoms with Crippen LogP contribution >= 0.6 is 0 Å². The second kappa shape index (κ2) is 2.06. The maximum atomic E-state index is 11.0. The lowest BCUT2D eigenvalue weighted by molar-refractivity contribution is -0.122. The van der Waals surface area contributed by atoms with E-state index in [0.29, 0.717) is 11.9 Å².